The highest BCUT2D eigenvalue weighted by Crippen LogP contribution is 2.32. The Morgan fingerprint density at radius 1 is 1.47 bits per heavy atom. The Hall–Kier alpha value is -0.870. The quantitative estimate of drug-likeness (QED) is 0.861. The molecule has 2 rings (SSSR count). The maximum absolute atomic E-state index is 6.29. The van der Waals surface area contributed by atoms with Gasteiger partial charge < -0.3 is 5.73 Å². The van der Waals surface area contributed by atoms with Gasteiger partial charge in [-0.05, 0) is 25.8 Å². The molecular weight excluding hydrogens is 212 g/mol. The molecule has 2 atom stereocenters. The molecule has 1 fully saturated rings. The van der Waals surface area contributed by atoms with Crippen molar-refractivity contribution in [1.82, 2.24) is 14.7 Å². The van der Waals surface area contributed by atoms with E-state index >= 15 is 0 Å². The second-order valence-electron chi connectivity index (χ2n) is 4.99. The van der Waals surface area contributed by atoms with Crippen molar-refractivity contribution < 1.29 is 0 Å². The Balaban J connectivity index is 2.28. The highest BCUT2D eigenvalue weighted by atomic mass is 15.3. The second kappa shape index (κ2) is 5.19. The maximum atomic E-state index is 6.29. The summed E-state index contributed by atoms with van der Waals surface area (Å²) in [6.07, 6.45) is 5.42. The van der Waals surface area contributed by atoms with Gasteiger partial charge in [0.05, 0.1) is 11.7 Å². The molecule has 96 valence electrons. The van der Waals surface area contributed by atoms with Crippen molar-refractivity contribution >= 4 is 0 Å². The Bertz CT molecular complexity index is 369. The Labute approximate surface area is 104 Å². The van der Waals surface area contributed by atoms with Crippen LogP contribution in [-0.2, 0) is 13.5 Å². The lowest BCUT2D eigenvalue weighted by atomic mass is 10.0. The largest absolute Gasteiger partial charge is 0.326 e. The lowest BCUT2D eigenvalue weighted by Crippen LogP contribution is -2.32. The van der Waals surface area contributed by atoms with Crippen molar-refractivity contribution in [2.45, 2.75) is 45.2 Å². The number of aryl methyl sites for hydroxylation is 2. The van der Waals surface area contributed by atoms with Gasteiger partial charge in [0, 0.05) is 31.4 Å². The van der Waals surface area contributed by atoms with Gasteiger partial charge in [-0.2, -0.15) is 5.10 Å². The number of hydrogen-bond donors (Lipinski definition) is 1. The standard InChI is InChI=1S/C13H24N4/c1-4-7-17-8-6-11(14)13(17)10-9-16(3)15-12(10)5-2/h9,11,13H,4-8,14H2,1-3H3. The van der Waals surface area contributed by atoms with Crippen LogP contribution < -0.4 is 5.73 Å². The zero-order valence-electron chi connectivity index (χ0n) is 11.2. The fourth-order valence-corrected chi connectivity index (χ4v) is 2.92. The third-order valence-electron chi connectivity index (χ3n) is 3.65. The summed E-state index contributed by atoms with van der Waals surface area (Å²) in [5.41, 5.74) is 8.83. The molecule has 0 amide bonds. The highest BCUT2D eigenvalue weighted by molar-refractivity contribution is 5.24. The van der Waals surface area contributed by atoms with E-state index in [-0.39, 0.29) is 6.04 Å². The molecular formula is C13H24N4. The first kappa shape index (κ1) is 12.6. The summed E-state index contributed by atoms with van der Waals surface area (Å²) >= 11 is 0. The summed E-state index contributed by atoms with van der Waals surface area (Å²) in [6, 6.07) is 0.634. The van der Waals surface area contributed by atoms with Gasteiger partial charge in [0.25, 0.3) is 0 Å². The predicted octanol–water partition coefficient (Wildman–Crippen LogP) is 1.47. The van der Waals surface area contributed by atoms with E-state index in [1.807, 2.05) is 11.7 Å². The zero-order valence-corrected chi connectivity index (χ0v) is 11.2. The Kier molecular flexibility index (Phi) is 3.84. The summed E-state index contributed by atoms with van der Waals surface area (Å²) < 4.78 is 1.92. The molecule has 2 N–H and O–H groups in total. The molecule has 2 unspecified atom stereocenters. The van der Waals surface area contributed by atoms with Gasteiger partial charge >= 0.3 is 0 Å². The number of nitrogens with zero attached hydrogens (tertiary/aromatic N) is 3. The van der Waals surface area contributed by atoms with Crippen LogP contribution in [0.3, 0.4) is 0 Å². The number of nitrogens with two attached hydrogens (primary N) is 1. The summed E-state index contributed by atoms with van der Waals surface area (Å²) in [4.78, 5) is 2.51. The first-order chi connectivity index (χ1) is 8.17. The van der Waals surface area contributed by atoms with Crippen LogP contribution >= 0.6 is 0 Å². The van der Waals surface area contributed by atoms with Crippen molar-refractivity contribution in [3.63, 3.8) is 0 Å². The number of likely N-dealkylation sites (tertiary alicyclic amines) is 1. The van der Waals surface area contributed by atoms with Gasteiger partial charge in [0.1, 0.15) is 0 Å². The lowest BCUT2D eigenvalue weighted by molar-refractivity contribution is 0.247. The van der Waals surface area contributed by atoms with Crippen molar-refractivity contribution in [3.8, 4) is 0 Å². The van der Waals surface area contributed by atoms with Gasteiger partial charge in [-0.1, -0.05) is 13.8 Å². The van der Waals surface area contributed by atoms with E-state index in [1.54, 1.807) is 0 Å². The van der Waals surface area contributed by atoms with Gasteiger partial charge in [0.15, 0.2) is 0 Å². The minimum Gasteiger partial charge on any atom is -0.326 e. The molecule has 4 heteroatoms. The number of aromatic nitrogens is 2. The topological polar surface area (TPSA) is 47.1 Å². The summed E-state index contributed by atoms with van der Waals surface area (Å²) in [7, 11) is 1.99. The summed E-state index contributed by atoms with van der Waals surface area (Å²) in [5, 5.41) is 4.54. The normalized spacial score (nSPS) is 25.6. The highest BCUT2D eigenvalue weighted by Gasteiger charge is 2.34. The molecule has 1 saturated heterocycles. The molecule has 17 heavy (non-hydrogen) atoms. The molecule has 1 aromatic rings. The third kappa shape index (κ3) is 2.38. The van der Waals surface area contributed by atoms with E-state index in [4.69, 9.17) is 5.73 Å². The fourth-order valence-electron chi connectivity index (χ4n) is 2.92. The van der Waals surface area contributed by atoms with Crippen molar-refractivity contribution in [2.24, 2.45) is 12.8 Å². The maximum Gasteiger partial charge on any atom is 0.0670 e. The molecule has 0 aliphatic carbocycles. The van der Waals surface area contributed by atoms with E-state index in [0.29, 0.717) is 6.04 Å². The van der Waals surface area contributed by atoms with Crippen molar-refractivity contribution in [2.75, 3.05) is 13.1 Å². The molecule has 1 aliphatic heterocycles. The molecule has 1 aromatic heterocycles. The SMILES string of the molecule is CCCN1CCC(N)C1c1cn(C)nc1CC. The van der Waals surface area contributed by atoms with E-state index < -0.39 is 0 Å². The monoisotopic (exact) mass is 236 g/mol. The van der Waals surface area contributed by atoms with Crippen LogP contribution in [-0.4, -0.2) is 33.8 Å². The smallest absolute Gasteiger partial charge is 0.0670 e. The van der Waals surface area contributed by atoms with Gasteiger partial charge in [-0.3, -0.25) is 9.58 Å². The molecule has 0 saturated carbocycles. The second-order valence-corrected chi connectivity index (χ2v) is 4.99. The Morgan fingerprint density at radius 3 is 2.88 bits per heavy atom. The fraction of sp³-hybridized carbons (Fsp3) is 0.769. The zero-order chi connectivity index (χ0) is 12.4. The summed E-state index contributed by atoms with van der Waals surface area (Å²) in [5.74, 6) is 0. The molecule has 0 aromatic carbocycles. The van der Waals surface area contributed by atoms with E-state index in [0.717, 1.165) is 25.9 Å². The van der Waals surface area contributed by atoms with E-state index in [2.05, 4.69) is 30.0 Å². The molecule has 2 heterocycles. The molecule has 0 spiro atoms. The van der Waals surface area contributed by atoms with Crippen LogP contribution in [0.25, 0.3) is 0 Å². The third-order valence-corrected chi connectivity index (χ3v) is 3.65. The van der Waals surface area contributed by atoms with Gasteiger partial charge in [-0.15, -0.1) is 0 Å². The lowest BCUT2D eigenvalue weighted by Gasteiger charge is -2.26. The predicted molar refractivity (Wildman–Crippen MR) is 69.8 cm³/mol. The minimum atomic E-state index is 0.260. The minimum absolute atomic E-state index is 0.260. The molecule has 0 bridgehead atoms. The Morgan fingerprint density at radius 2 is 2.24 bits per heavy atom. The molecule has 4 nitrogen and oxygen atoms in total. The average Bonchev–Trinajstić information content (AvgIpc) is 2.83. The van der Waals surface area contributed by atoms with Crippen LogP contribution in [0.15, 0.2) is 6.20 Å². The molecule has 1 aliphatic rings. The number of hydrogen-bond acceptors (Lipinski definition) is 3. The van der Waals surface area contributed by atoms with Gasteiger partial charge in [0.2, 0.25) is 0 Å². The van der Waals surface area contributed by atoms with Crippen LogP contribution in [0.4, 0.5) is 0 Å². The van der Waals surface area contributed by atoms with E-state index in [9.17, 15) is 0 Å². The molecule has 0 radical (unpaired) electrons. The summed E-state index contributed by atoms with van der Waals surface area (Å²) in [6.45, 7) is 6.65. The van der Waals surface area contributed by atoms with Crippen molar-refractivity contribution in [1.29, 1.82) is 0 Å². The van der Waals surface area contributed by atoms with Crippen LogP contribution in [0, 0.1) is 0 Å². The van der Waals surface area contributed by atoms with Crippen LogP contribution in [0.5, 0.6) is 0 Å². The number of rotatable bonds is 4. The first-order valence-corrected chi connectivity index (χ1v) is 6.69. The van der Waals surface area contributed by atoms with Crippen LogP contribution in [0.1, 0.15) is 44.0 Å². The van der Waals surface area contributed by atoms with E-state index in [1.165, 1.54) is 17.7 Å². The first-order valence-electron chi connectivity index (χ1n) is 6.69. The average molecular weight is 236 g/mol. The van der Waals surface area contributed by atoms with Crippen molar-refractivity contribution in [3.05, 3.63) is 17.5 Å². The van der Waals surface area contributed by atoms with Gasteiger partial charge in [-0.25, -0.2) is 0 Å². The van der Waals surface area contributed by atoms with Crippen LogP contribution in [0.2, 0.25) is 0 Å².